The fraction of sp³-hybridized carbons (Fsp3) is 0. The minimum Gasteiger partial charge on any atom is -0.258 e. The molecule has 0 saturated heterocycles. The molecule has 42 valence electrons. The van der Waals surface area contributed by atoms with E-state index < -0.39 is 4.92 Å². The fourth-order valence-corrected chi connectivity index (χ4v) is 0.721. The summed E-state index contributed by atoms with van der Waals surface area (Å²) in [6.07, 6.45) is 1.41. The van der Waals surface area contributed by atoms with Crippen molar-refractivity contribution in [2.75, 3.05) is 0 Å². The predicted molar refractivity (Wildman–Crippen MR) is 28.8 cm³/mol. The van der Waals surface area contributed by atoms with Crippen molar-refractivity contribution in [3.05, 3.63) is 22.4 Å². The number of nitro groups is 1. The first kappa shape index (κ1) is 5.17. The lowest BCUT2D eigenvalue weighted by atomic mass is 10.7. The fourth-order valence-electron chi connectivity index (χ4n) is 0.303. The lowest BCUT2D eigenvalue weighted by molar-refractivity contribution is -0.380. The van der Waals surface area contributed by atoms with Gasteiger partial charge in [0.1, 0.15) is 0 Å². The average Bonchev–Trinajstić information content (AvgIpc) is 2.12. The second-order valence-electron chi connectivity index (χ2n) is 1.11. The Bertz CT molecular complexity index is 183. The smallest absolute Gasteiger partial charge is 0.258 e. The number of hydrogen-bond acceptors (Lipinski definition) is 4. The monoisotopic (exact) mass is 130 g/mol. The number of hydrogen-bond donors (Lipinski definition) is 0. The molecule has 1 heterocycles. The van der Waals surface area contributed by atoms with E-state index in [1.807, 2.05) is 0 Å². The van der Waals surface area contributed by atoms with Gasteiger partial charge in [0, 0.05) is 23.8 Å². The zero-order valence-electron chi connectivity index (χ0n) is 3.77. The lowest BCUT2D eigenvalue weighted by Gasteiger charge is -1.75. The van der Waals surface area contributed by atoms with Crippen LogP contribution >= 0.6 is 11.5 Å². The Balaban J connectivity index is 2.93. The second-order valence-corrected chi connectivity index (χ2v) is 1.92. The van der Waals surface area contributed by atoms with Gasteiger partial charge in [0.05, 0.1) is 4.92 Å². The minimum absolute atomic E-state index is 0.0880. The number of aromatic nitrogens is 1. The first-order chi connectivity index (χ1) is 3.80. The molecule has 0 spiro atoms. The van der Waals surface area contributed by atoms with E-state index in [2.05, 4.69) is 4.37 Å². The zero-order chi connectivity index (χ0) is 5.98. The molecule has 0 atom stereocenters. The summed E-state index contributed by atoms with van der Waals surface area (Å²) in [5.74, 6) is 0. The van der Waals surface area contributed by atoms with Gasteiger partial charge < -0.3 is 0 Å². The van der Waals surface area contributed by atoms with Gasteiger partial charge in [-0.1, -0.05) is 0 Å². The third-order valence-electron chi connectivity index (χ3n) is 0.604. The van der Waals surface area contributed by atoms with Crippen molar-refractivity contribution in [2.45, 2.75) is 0 Å². The standard InChI is InChI=1S/C3H2N2O2S/c6-5(7)3-1-2-4-8-3/h1-2H. The van der Waals surface area contributed by atoms with Crippen LogP contribution in [-0.2, 0) is 0 Å². The molecule has 0 unspecified atom stereocenters. The summed E-state index contributed by atoms with van der Waals surface area (Å²) in [5, 5.41) is 9.93. The van der Waals surface area contributed by atoms with Gasteiger partial charge in [0.2, 0.25) is 0 Å². The van der Waals surface area contributed by atoms with E-state index in [1.54, 1.807) is 0 Å². The third-order valence-corrected chi connectivity index (χ3v) is 1.30. The first-order valence-electron chi connectivity index (χ1n) is 1.86. The average molecular weight is 130 g/mol. The molecule has 0 aliphatic carbocycles. The summed E-state index contributed by atoms with van der Waals surface area (Å²) in [6.45, 7) is 0. The van der Waals surface area contributed by atoms with E-state index in [0.29, 0.717) is 0 Å². The molecule has 0 aliphatic rings. The highest BCUT2D eigenvalue weighted by Gasteiger charge is 2.03. The molecular formula is C3H2N2O2S. The van der Waals surface area contributed by atoms with Crippen molar-refractivity contribution in [1.82, 2.24) is 4.37 Å². The summed E-state index contributed by atoms with van der Waals surface area (Å²) in [4.78, 5) is 9.38. The summed E-state index contributed by atoms with van der Waals surface area (Å²) in [5.41, 5.74) is 0. The SMILES string of the molecule is O=[N+]([O-])c1ccns1. The molecule has 1 rings (SSSR count). The Morgan fingerprint density at radius 2 is 2.62 bits per heavy atom. The topological polar surface area (TPSA) is 56.0 Å². The van der Waals surface area contributed by atoms with Crippen molar-refractivity contribution in [3.63, 3.8) is 0 Å². The van der Waals surface area contributed by atoms with Gasteiger partial charge in [-0.2, -0.15) is 4.37 Å². The summed E-state index contributed by atoms with van der Waals surface area (Å²) in [6, 6.07) is 1.37. The summed E-state index contributed by atoms with van der Waals surface area (Å²) >= 11 is 0.882. The van der Waals surface area contributed by atoms with Gasteiger partial charge in [-0.15, -0.1) is 0 Å². The van der Waals surface area contributed by atoms with Crippen molar-refractivity contribution in [1.29, 1.82) is 0 Å². The molecule has 1 aromatic heterocycles. The maximum atomic E-state index is 9.84. The Labute approximate surface area is 49.1 Å². The lowest BCUT2D eigenvalue weighted by Crippen LogP contribution is -1.80. The van der Waals surface area contributed by atoms with E-state index in [-0.39, 0.29) is 5.00 Å². The molecular weight excluding hydrogens is 128 g/mol. The summed E-state index contributed by atoms with van der Waals surface area (Å²) < 4.78 is 3.54. The van der Waals surface area contributed by atoms with E-state index in [9.17, 15) is 10.1 Å². The highest BCUT2D eigenvalue weighted by Crippen LogP contribution is 2.13. The first-order valence-corrected chi connectivity index (χ1v) is 2.63. The van der Waals surface area contributed by atoms with Crippen LogP contribution < -0.4 is 0 Å². The van der Waals surface area contributed by atoms with Crippen LogP contribution in [0.5, 0.6) is 0 Å². The Morgan fingerprint density at radius 1 is 1.88 bits per heavy atom. The largest absolute Gasteiger partial charge is 0.343 e. The van der Waals surface area contributed by atoms with Crippen LogP contribution in [0.25, 0.3) is 0 Å². The number of rotatable bonds is 1. The van der Waals surface area contributed by atoms with Gasteiger partial charge in [0.25, 0.3) is 0 Å². The Hall–Kier alpha value is -0.970. The van der Waals surface area contributed by atoms with Crippen molar-refractivity contribution < 1.29 is 4.92 Å². The normalized spacial score (nSPS) is 9.00. The van der Waals surface area contributed by atoms with E-state index >= 15 is 0 Å². The minimum atomic E-state index is -0.461. The Kier molecular flexibility index (Phi) is 1.21. The van der Waals surface area contributed by atoms with Crippen molar-refractivity contribution in [2.24, 2.45) is 0 Å². The van der Waals surface area contributed by atoms with Gasteiger partial charge in [-0.25, -0.2) is 0 Å². The molecule has 8 heavy (non-hydrogen) atoms. The van der Waals surface area contributed by atoms with Crippen LogP contribution in [-0.4, -0.2) is 9.30 Å². The maximum absolute atomic E-state index is 9.84. The van der Waals surface area contributed by atoms with Crippen LogP contribution in [0.2, 0.25) is 0 Å². The van der Waals surface area contributed by atoms with E-state index in [4.69, 9.17) is 0 Å². The molecule has 5 heteroatoms. The highest BCUT2D eigenvalue weighted by atomic mass is 32.1. The molecule has 0 radical (unpaired) electrons. The van der Waals surface area contributed by atoms with Crippen molar-refractivity contribution >= 4 is 16.5 Å². The molecule has 0 aromatic carbocycles. The highest BCUT2D eigenvalue weighted by molar-refractivity contribution is 7.09. The quantitative estimate of drug-likeness (QED) is 0.421. The van der Waals surface area contributed by atoms with Crippen LogP contribution in [0.3, 0.4) is 0 Å². The molecule has 0 fully saturated rings. The molecule has 0 amide bonds. The molecule has 0 N–H and O–H groups in total. The molecule has 0 bridgehead atoms. The predicted octanol–water partition coefficient (Wildman–Crippen LogP) is 1.05. The van der Waals surface area contributed by atoms with Gasteiger partial charge in [-0.05, 0) is 0 Å². The summed E-state index contributed by atoms with van der Waals surface area (Å²) in [7, 11) is 0. The molecule has 0 saturated carbocycles. The van der Waals surface area contributed by atoms with Gasteiger partial charge in [-0.3, -0.25) is 10.1 Å². The van der Waals surface area contributed by atoms with Gasteiger partial charge in [0.15, 0.2) is 0 Å². The maximum Gasteiger partial charge on any atom is 0.343 e. The van der Waals surface area contributed by atoms with Crippen LogP contribution in [0.1, 0.15) is 0 Å². The van der Waals surface area contributed by atoms with Crippen LogP contribution in [0.4, 0.5) is 5.00 Å². The Morgan fingerprint density at radius 3 is 2.88 bits per heavy atom. The molecule has 4 nitrogen and oxygen atoms in total. The zero-order valence-corrected chi connectivity index (χ0v) is 4.59. The third kappa shape index (κ3) is 0.812. The second kappa shape index (κ2) is 1.87. The molecule has 1 aromatic rings. The van der Waals surface area contributed by atoms with E-state index in [0.717, 1.165) is 11.5 Å². The number of nitrogens with zero attached hydrogens (tertiary/aromatic N) is 2. The van der Waals surface area contributed by atoms with Crippen molar-refractivity contribution in [3.8, 4) is 0 Å². The van der Waals surface area contributed by atoms with Crippen LogP contribution in [0.15, 0.2) is 12.3 Å². The van der Waals surface area contributed by atoms with E-state index in [1.165, 1.54) is 12.3 Å². The molecule has 0 aliphatic heterocycles. The van der Waals surface area contributed by atoms with Gasteiger partial charge >= 0.3 is 5.00 Å². The van der Waals surface area contributed by atoms with Crippen LogP contribution in [0, 0.1) is 10.1 Å².